The Bertz CT molecular complexity index is 619. The van der Waals surface area contributed by atoms with E-state index in [0.717, 1.165) is 11.4 Å². The van der Waals surface area contributed by atoms with Crippen molar-refractivity contribution >= 4 is 23.0 Å². The molecule has 0 fully saturated rings. The van der Waals surface area contributed by atoms with Gasteiger partial charge in [0.2, 0.25) is 0 Å². The van der Waals surface area contributed by atoms with E-state index in [-0.39, 0.29) is 0 Å². The molecule has 0 atom stereocenters. The van der Waals surface area contributed by atoms with Gasteiger partial charge in [0.1, 0.15) is 0 Å². The molecule has 6 heteroatoms. The number of carbonyl (C=O) groups excluding carboxylic acids is 1. The third-order valence-electron chi connectivity index (χ3n) is 2.76. The maximum Gasteiger partial charge on any atom is 0.337 e. The number of benzene rings is 1. The average molecular weight is 260 g/mol. The number of carbonyl (C=O) groups is 1. The van der Waals surface area contributed by atoms with E-state index in [1.54, 1.807) is 22.9 Å². The van der Waals surface area contributed by atoms with Gasteiger partial charge in [0, 0.05) is 13.2 Å². The highest BCUT2D eigenvalue weighted by molar-refractivity contribution is 5.92. The highest BCUT2D eigenvalue weighted by Gasteiger charge is 2.10. The molecule has 1 aromatic carbocycles. The number of esters is 1. The summed E-state index contributed by atoms with van der Waals surface area (Å²) >= 11 is 0. The molecule has 100 valence electrons. The van der Waals surface area contributed by atoms with Crippen LogP contribution in [0.4, 0.5) is 17.1 Å². The van der Waals surface area contributed by atoms with Crippen LogP contribution in [0, 0.1) is 6.92 Å². The van der Waals surface area contributed by atoms with Crippen LogP contribution in [0.5, 0.6) is 0 Å². The molecule has 19 heavy (non-hydrogen) atoms. The van der Waals surface area contributed by atoms with Crippen LogP contribution in [-0.2, 0) is 11.8 Å². The standard InChI is InChI=1S/C13H16N4O2/c1-8-12(7-17(2)16-8)15-11-6-9(13(18)19-3)4-5-10(11)14/h4-7,15H,14H2,1-3H3. The van der Waals surface area contributed by atoms with Crippen LogP contribution in [0.3, 0.4) is 0 Å². The lowest BCUT2D eigenvalue weighted by molar-refractivity contribution is 0.0601. The molecule has 2 rings (SSSR count). The Kier molecular flexibility index (Phi) is 3.41. The number of nitrogens with one attached hydrogen (secondary N) is 1. The number of aryl methyl sites for hydroxylation is 2. The van der Waals surface area contributed by atoms with Gasteiger partial charge in [-0.15, -0.1) is 0 Å². The Hall–Kier alpha value is -2.50. The fraction of sp³-hybridized carbons (Fsp3) is 0.231. The number of ether oxygens (including phenoxy) is 1. The Labute approximate surface area is 111 Å². The normalized spacial score (nSPS) is 10.3. The van der Waals surface area contributed by atoms with Crippen LogP contribution in [0.1, 0.15) is 16.1 Å². The minimum absolute atomic E-state index is 0.397. The minimum Gasteiger partial charge on any atom is -0.465 e. The molecule has 0 aliphatic rings. The molecule has 0 aliphatic heterocycles. The molecule has 1 aromatic heterocycles. The molecule has 0 saturated heterocycles. The number of hydrogen-bond acceptors (Lipinski definition) is 5. The fourth-order valence-corrected chi connectivity index (χ4v) is 1.78. The third kappa shape index (κ3) is 2.67. The zero-order chi connectivity index (χ0) is 14.0. The lowest BCUT2D eigenvalue weighted by atomic mass is 10.1. The summed E-state index contributed by atoms with van der Waals surface area (Å²) < 4.78 is 6.39. The summed E-state index contributed by atoms with van der Waals surface area (Å²) in [5.41, 5.74) is 9.24. The zero-order valence-corrected chi connectivity index (χ0v) is 11.1. The quantitative estimate of drug-likeness (QED) is 0.650. The van der Waals surface area contributed by atoms with Gasteiger partial charge in [0.15, 0.2) is 0 Å². The number of methoxy groups -OCH3 is 1. The van der Waals surface area contributed by atoms with Crippen molar-refractivity contribution < 1.29 is 9.53 Å². The molecular weight excluding hydrogens is 244 g/mol. The van der Waals surface area contributed by atoms with Crippen molar-refractivity contribution in [1.29, 1.82) is 0 Å². The second-order valence-corrected chi connectivity index (χ2v) is 4.22. The first-order valence-electron chi connectivity index (χ1n) is 5.76. The van der Waals surface area contributed by atoms with E-state index in [1.807, 2.05) is 20.2 Å². The third-order valence-corrected chi connectivity index (χ3v) is 2.76. The monoisotopic (exact) mass is 260 g/mol. The second kappa shape index (κ2) is 5.01. The predicted octanol–water partition coefficient (Wildman–Crippen LogP) is 1.84. The first-order valence-corrected chi connectivity index (χ1v) is 5.76. The Morgan fingerprint density at radius 2 is 2.16 bits per heavy atom. The van der Waals surface area contributed by atoms with Gasteiger partial charge in [0.05, 0.1) is 35.4 Å². The predicted molar refractivity (Wildman–Crippen MR) is 73.4 cm³/mol. The fourth-order valence-electron chi connectivity index (χ4n) is 1.78. The number of rotatable bonds is 3. The Morgan fingerprint density at radius 3 is 2.74 bits per heavy atom. The SMILES string of the molecule is COC(=O)c1ccc(N)c(Nc2cn(C)nc2C)c1. The van der Waals surface area contributed by atoms with Gasteiger partial charge >= 0.3 is 5.97 Å². The summed E-state index contributed by atoms with van der Waals surface area (Å²) in [4.78, 5) is 11.5. The number of nitrogen functional groups attached to an aromatic ring is 1. The van der Waals surface area contributed by atoms with E-state index >= 15 is 0 Å². The lowest BCUT2D eigenvalue weighted by Gasteiger charge is -2.09. The van der Waals surface area contributed by atoms with E-state index in [9.17, 15) is 4.79 Å². The van der Waals surface area contributed by atoms with Crippen molar-refractivity contribution in [1.82, 2.24) is 9.78 Å². The second-order valence-electron chi connectivity index (χ2n) is 4.22. The summed E-state index contributed by atoms with van der Waals surface area (Å²) in [6.45, 7) is 1.89. The smallest absolute Gasteiger partial charge is 0.337 e. The van der Waals surface area contributed by atoms with Gasteiger partial charge in [-0.05, 0) is 25.1 Å². The molecular formula is C13H16N4O2. The van der Waals surface area contributed by atoms with Crippen LogP contribution in [-0.4, -0.2) is 22.9 Å². The Morgan fingerprint density at radius 1 is 1.42 bits per heavy atom. The maximum atomic E-state index is 11.5. The molecule has 0 aliphatic carbocycles. The maximum absolute atomic E-state index is 11.5. The van der Waals surface area contributed by atoms with Crippen molar-refractivity contribution in [2.45, 2.75) is 6.92 Å². The number of aromatic nitrogens is 2. The molecule has 0 saturated carbocycles. The highest BCUT2D eigenvalue weighted by atomic mass is 16.5. The van der Waals surface area contributed by atoms with E-state index in [0.29, 0.717) is 16.9 Å². The number of nitrogens with two attached hydrogens (primary N) is 1. The lowest BCUT2D eigenvalue weighted by Crippen LogP contribution is -2.04. The van der Waals surface area contributed by atoms with Gasteiger partial charge in [-0.25, -0.2) is 4.79 Å². The van der Waals surface area contributed by atoms with Crippen LogP contribution in [0.15, 0.2) is 24.4 Å². The van der Waals surface area contributed by atoms with Crippen molar-refractivity contribution in [2.75, 3.05) is 18.2 Å². The molecule has 0 amide bonds. The van der Waals surface area contributed by atoms with E-state index < -0.39 is 5.97 Å². The summed E-state index contributed by atoms with van der Waals surface area (Å²) in [7, 11) is 3.18. The average Bonchev–Trinajstić information content (AvgIpc) is 2.69. The number of nitrogens with zero attached hydrogens (tertiary/aromatic N) is 2. The molecule has 1 heterocycles. The van der Waals surface area contributed by atoms with E-state index in [4.69, 9.17) is 5.73 Å². The summed E-state index contributed by atoms with van der Waals surface area (Å²) in [6.07, 6.45) is 1.85. The Balaban J connectivity index is 2.34. The van der Waals surface area contributed by atoms with Crippen molar-refractivity contribution in [2.24, 2.45) is 7.05 Å². The highest BCUT2D eigenvalue weighted by Crippen LogP contribution is 2.26. The van der Waals surface area contributed by atoms with Crippen molar-refractivity contribution in [3.8, 4) is 0 Å². The summed E-state index contributed by atoms with van der Waals surface area (Å²) in [5.74, 6) is -0.397. The molecule has 6 nitrogen and oxygen atoms in total. The van der Waals surface area contributed by atoms with Gasteiger partial charge < -0.3 is 15.8 Å². The summed E-state index contributed by atoms with van der Waals surface area (Å²) in [5, 5.41) is 7.40. The summed E-state index contributed by atoms with van der Waals surface area (Å²) in [6, 6.07) is 4.95. The van der Waals surface area contributed by atoms with Crippen LogP contribution < -0.4 is 11.1 Å². The molecule has 0 bridgehead atoms. The molecule has 0 spiro atoms. The minimum atomic E-state index is -0.397. The number of hydrogen-bond donors (Lipinski definition) is 2. The molecule has 0 radical (unpaired) electrons. The molecule has 0 unspecified atom stereocenters. The van der Waals surface area contributed by atoms with Gasteiger partial charge in [0.25, 0.3) is 0 Å². The van der Waals surface area contributed by atoms with Crippen LogP contribution >= 0.6 is 0 Å². The van der Waals surface area contributed by atoms with Crippen molar-refractivity contribution in [3.05, 3.63) is 35.7 Å². The van der Waals surface area contributed by atoms with Crippen LogP contribution in [0.25, 0.3) is 0 Å². The topological polar surface area (TPSA) is 82.2 Å². The first-order chi connectivity index (χ1) is 9.01. The van der Waals surface area contributed by atoms with Gasteiger partial charge in [-0.2, -0.15) is 5.10 Å². The van der Waals surface area contributed by atoms with E-state index in [1.165, 1.54) is 7.11 Å². The molecule has 2 aromatic rings. The first kappa shape index (κ1) is 12.9. The molecule has 3 N–H and O–H groups in total. The van der Waals surface area contributed by atoms with Crippen molar-refractivity contribution in [3.63, 3.8) is 0 Å². The van der Waals surface area contributed by atoms with Gasteiger partial charge in [-0.3, -0.25) is 4.68 Å². The van der Waals surface area contributed by atoms with E-state index in [2.05, 4.69) is 15.2 Å². The van der Waals surface area contributed by atoms with Crippen LogP contribution in [0.2, 0.25) is 0 Å². The largest absolute Gasteiger partial charge is 0.465 e. The number of anilines is 3. The zero-order valence-electron chi connectivity index (χ0n) is 11.1. The van der Waals surface area contributed by atoms with Gasteiger partial charge in [-0.1, -0.05) is 0 Å².